The quantitative estimate of drug-likeness (QED) is 0.395. The van der Waals surface area contributed by atoms with Gasteiger partial charge in [-0.05, 0) is 55.5 Å². The van der Waals surface area contributed by atoms with Gasteiger partial charge < -0.3 is 0 Å². The molecule has 0 amide bonds. The lowest BCUT2D eigenvalue weighted by molar-refractivity contribution is 1.09. The van der Waals surface area contributed by atoms with Gasteiger partial charge in [0.05, 0.1) is 10.6 Å². The summed E-state index contributed by atoms with van der Waals surface area (Å²) in [4.78, 5) is 5.84. The van der Waals surface area contributed by atoms with Crippen LogP contribution in [-0.4, -0.2) is 9.38 Å². The van der Waals surface area contributed by atoms with E-state index in [9.17, 15) is 0 Å². The third-order valence-corrected chi connectivity index (χ3v) is 5.02. The molecule has 4 nitrogen and oxygen atoms in total. The van der Waals surface area contributed by atoms with Crippen molar-refractivity contribution in [3.05, 3.63) is 70.7 Å². The molecule has 0 aliphatic rings. The fourth-order valence-corrected chi connectivity index (χ4v) is 3.79. The predicted octanol–water partition coefficient (Wildman–Crippen LogP) is 6.40. The zero-order valence-electron chi connectivity index (χ0n) is 14.4. The molecule has 0 unspecified atom stereocenters. The van der Waals surface area contributed by atoms with Crippen molar-refractivity contribution in [1.29, 1.82) is 0 Å². The number of aromatic nitrogens is 2. The third kappa shape index (κ3) is 2.87. The molecule has 0 aliphatic carbocycles. The molecule has 1 aromatic carbocycles. The molecule has 124 valence electrons. The number of thiophene rings is 1. The van der Waals surface area contributed by atoms with E-state index in [1.165, 1.54) is 5.56 Å². The topological polar surface area (TPSA) is 42.0 Å². The van der Waals surface area contributed by atoms with Gasteiger partial charge >= 0.3 is 0 Å². The summed E-state index contributed by atoms with van der Waals surface area (Å²) in [5, 5.41) is 11.2. The highest BCUT2D eigenvalue weighted by atomic mass is 32.1. The first-order valence-corrected chi connectivity index (χ1v) is 9.02. The summed E-state index contributed by atoms with van der Waals surface area (Å²) in [6, 6.07) is 14.3. The van der Waals surface area contributed by atoms with E-state index in [-0.39, 0.29) is 0 Å². The summed E-state index contributed by atoms with van der Waals surface area (Å²) in [6.45, 7) is 6.24. The average molecular weight is 346 g/mol. The summed E-state index contributed by atoms with van der Waals surface area (Å²) in [6.07, 6.45) is 1.97. The molecule has 0 fully saturated rings. The second-order valence-electron chi connectivity index (χ2n) is 6.14. The Morgan fingerprint density at radius 1 is 0.960 bits per heavy atom. The Labute approximate surface area is 150 Å². The highest BCUT2D eigenvalue weighted by molar-refractivity contribution is 7.13. The summed E-state index contributed by atoms with van der Waals surface area (Å²) in [5.74, 6) is 0.762. The lowest BCUT2D eigenvalue weighted by Crippen LogP contribution is -1.84. The van der Waals surface area contributed by atoms with Crippen molar-refractivity contribution < 1.29 is 0 Å². The maximum Gasteiger partial charge on any atom is 0.188 e. The molecule has 25 heavy (non-hydrogen) atoms. The van der Waals surface area contributed by atoms with Crippen LogP contribution < -0.4 is 0 Å². The van der Waals surface area contributed by atoms with E-state index in [2.05, 4.69) is 54.6 Å². The van der Waals surface area contributed by atoms with Crippen LogP contribution >= 0.6 is 11.3 Å². The molecule has 0 radical (unpaired) electrons. The highest BCUT2D eigenvalue weighted by Crippen LogP contribution is 2.35. The smallest absolute Gasteiger partial charge is 0.188 e. The van der Waals surface area contributed by atoms with Gasteiger partial charge in [-0.2, -0.15) is 0 Å². The van der Waals surface area contributed by atoms with Gasteiger partial charge in [0.15, 0.2) is 5.82 Å². The van der Waals surface area contributed by atoms with E-state index in [0.717, 1.165) is 38.9 Å². The Bertz CT molecular complexity index is 1050. The minimum Gasteiger partial charge on any atom is -0.283 e. The molecule has 0 N–H and O–H groups in total. The highest BCUT2D eigenvalue weighted by Gasteiger charge is 2.14. The number of nitrogens with zero attached hydrogens (tertiary/aromatic N) is 4. The Balaban J connectivity index is 1.88. The first-order chi connectivity index (χ1) is 12.1. The van der Waals surface area contributed by atoms with E-state index in [1.54, 1.807) is 11.3 Å². The largest absolute Gasteiger partial charge is 0.283 e. The Hall–Kier alpha value is -2.79. The first kappa shape index (κ1) is 15.7. The maximum atomic E-state index is 4.75. The van der Waals surface area contributed by atoms with Gasteiger partial charge in [0.2, 0.25) is 0 Å². The molecule has 4 rings (SSSR count). The summed E-state index contributed by atoms with van der Waals surface area (Å²) in [7, 11) is 0. The molecule has 4 aromatic rings. The molecule has 3 heterocycles. The summed E-state index contributed by atoms with van der Waals surface area (Å²) >= 11 is 1.66. The van der Waals surface area contributed by atoms with Crippen LogP contribution in [-0.2, 0) is 0 Å². The fraction of sp³-hybridized carbons (Fsp3) is 0.150. The van der Waals surface area contributed by atoms with Crippen LogP contribution in [0.2, 0.25) is 0 Å². The van der Waals surface area contributed by atoms with E-state index in [0.29, 0.717) is 0 Å². The molecule has 3 aromatic heterocycles. The number of fused-ring (bicyclic) bond motifs is 1. The minimum atomic E-state index is 0.762. The van der Waals surface area contributed by atoms with Gasteiger partial charge in [0.1, 0.15) is 11.3 Å². The van der Waals surface area contributed by atoms with Gasteiger partial charge in [-0.15, -0.1) is 21.6 Å². The molecule has 0 spiro atoms. The van der Waals surface area contributed by atoms with E-state index < -0.39 is 0 Å². The number of pyridine rings is 1. The third-order valence-electron chi connectivity index (χ3n) is 4.14. The van der Waals surface area contributed by atoms with Gasteiger partial charge in [-0.3, -0.25) is 4.40 Å². The Morgan fingerprint density at radius 2 is 1.76 bits per heavy atom. The summed E-state index contributed by atoms with van der Waals surface area (Å²) in [5.41, 5.74) is 6.17. The van der Waals surface area contributed by atoms with Crippen LogP contribution in [0.4, 0.5) is 11.5 Å². The average Bonchev–Trinajstić information content (AvgIpc) is 3.21. The second kappa shape index (κ2) is 6.26. The molecule has 0 saturated heterocycles. The van der Waals surface area contributed by atoms with Crippen LogP contribution in [0.25, 0.3) is 16.2 Å². The second-order valence-corrected chi connectivity index (χ2v) is 7.09. The number of hydrogen-bond donors (Lipinski definition) is 0. The monoisotopic (exact) mass is 346 g/mol. The lowest BCUT2D eigenvalue weighted by atomic mass is 10.1. The van der Waals surface area contributed by atoms with E-state index in [4.69, 9.17) is 4.98 Å². The van der Waals surface area contributed by atoms with Gasteiger partial charge in [0, 0.05) is 6.20 Å². The number of aryl methyl sites for hydroxylation is 3. The molecule has 0 atom stereocenters. The Morgan fingerprint density at radius 3 is 2.48 bits per heavy atom. The number of azo groups is 1. The normalized spacial score (nSPS) is 11.6. The van der Waals surface area contributed by atoms with E-state index >= 15 is 0 Å². The van der Waals surface area contributed by atoms with Crippen molar-refractivity contribution in [2.24, 2.45) is 10.2 Å². The van der Waals surface area contributed by atoms with Crippen LogP contribution in [0.1, 0.15) is 16.7 Å². The van der Waals surface area contributed by atoms with Crippen LogP contribution in [0, 0.1) is 20.8 Å². The molecular formula is C20H18N4S. The Kier molecular flexibility index (Phi) is 3.93. The maximum absolute atomic E-state index is 4.75. The van der Waals surface area contributed by atoms with Crippen LogP contribution in [0.3, 0.4) is 0 Å². The van der Waals surface area contributed by atoms with Crippen molar-refractivity contribution in [1.82, 2.24) is 9.38 Å². The van der Waals surface area contributed by atoms with Gasteiger partial charge in [0.25, 0.3) is 0 Å². The molecule has 0 bridgehead atoms. The number of benzene rings is 1. The van der Waals surface area contributed by atoms with Gasteiger partial charge in [-0.25, -0.2) is 4.98 Å². The van der Waals surface area contributed by atoms with Crippen LogP contribution in [0.5, 0.6) is 0 Å². The van der Waals surface area contributed by atoms with Crippen molar-refractivity contribution in [3.63, 3.8) is 0 Å². The number of hydrogen-bond acceptors (Lipinski definition) is 4. The summed E-state index contributed by atoms with van der Waals surface area (Å²) < 4.78 is 1.98. The SMILES string of the molecule is Cc1cc(C)c(N=Nc2c(-c3cccs3)nc3ccccn23)c(C)c1. The van der Waals surface area contributed by atoms with Gasteiger partial charge in [-0.1, -0.05) is 29.8 Å². The van der Waals surface area contributed by atoms with Crippen molar-refractivity contribution in [2.45, 2.75) is 20.8 Å². The molecule has 0 aliphatic heterocycles. The van der Waals surface area contributed by atoms with Crippen molar-refractivity contribution in [2.75, 3.05) is 0 Å². The number of rotatable bonds is 3. The molecule has 5 heteroatoms. The first-order valence-electron chi connectivity index (χ1n) is 8.14. The van der Waals surface area contributed by atoms with Crippen molar-refractivity contribution in [3.8, 4) is 10.6 Å². The van der Waals surface area contributed by atoms with Crippen LogP contribution in [0.15, 0.2) is 64.3 Å². The lowest BCUT2D eigenvalue weighted by Gasteiger charge is -2.05. The standard InChI is InChI=1S/C20H18N4S/c1-13-11-14(2)18(15(3)12-13)22-23-20-19(16-7-6-10-25-16)21-17-8-4-5-9-24(17)20/h4-12H,1-3H3. The zero-order valence-corrected chi connectivity index (χ0v) is 15.2. The predicted molar refractivity (Wildman–Crippen MR) is 103 cm³/mol. The molecular weight excluding hydrogens is 328 g/mol. The minimum absolute atomic E-state index is 0.762. The van der Waals surface area contributed by atoms with E-state index in [1.807, 2.05) is 34.9 Å². The van der Waals surface area contributed by atoms with Crippen molar-refractivity contribution >= 4 is 28.5 Å². The molecule has 0 saturated carbocycles. The fourth-order valence-electron chi connectivity index (χ4n) is 3.08. The zero-order chi connectivity index (χ0) is 17.4. The number of imidazole rings is 1.